The average molecular weight is 468 g/mol. The van der Waals surface area contributed by atoms with Crippen LogP contribution in [0.15, 0.2) is 48.5 Å². The molecule has 7 nitrogen and oxygen atoms in total. The summed E-state index contributed by atoms with van der Waals surface area (Å²) in [5.41, 5.74) is 9.85. The van der Waals surface area contributed by atoms with E-state index in [0.29, 0.717) is 6.42 Å². The standard InChI is InChI=1S/C25H29N3O4S/c1-25(2,3)32-24(30)28-13-15(12-21(28)22(26)33)27-23(29)31-14-20-18-10-6-4-8-16(18)17-9-5-7-11-19(17)20/h4-11,15,20-21H,12-14H2,1-3H3,(H2,26,33)(H,27,29). The topological polar surface area (TPSA) is 93.9 Å². The van der Waals surface area contributed by atoms with Crippen molar-refractivity contribution >= 4 is 29.4 Å². The average Bonchev–Trinajstić information content (AvgIpc) is 3.31. The van der Waals surface area contributed by atoms with Gasteiger partial charge in [0.05, 0.1) is 17.1 Å². The molecule has 2 amide bonds. The van der Waals surface area contributed by atoms with Gasteiger partial charge >= 0.3 is 12.2 Å². The van der Waals surface area contributed by atoms with Crippen molar-refractivity contribution in [3.8, 4) is 11.1 Å². The molecule has 0 spiro atoms. The molecule has 3 N–H and O–H groups in total. The molecule has 1 fully saturated rings. The Labute approximate surface area is 199 Å². The molecule has 0 aromatic heterocycles. The van der Waals surface area contributed by atoms with Crippen LogP contribution in [-0.2, 0) is 9.47 Å². The third-order valence-corrected chi connectivity index (χ3v) is 6.20. The Kier molecular flexibility index (Phi) is 6.30. The molecule has 1 heterocycles. The van der Waals surface area contributed by atoms with Crippen molar-refractivity contribution in [1.29, 1.82) is 0 Å². The first-order valence-corrected chi connectivity index (χ1v) is 11.5. The molecular weight excluding hydrogens is 438 g/mol. The number of nitrogens with zero attached hydrogens (tertiary/aromatic N) is 1. The minimum Gasteiger partial charge on any atom is -0.449 e. The fourth-order valence-electron chi connectivity index (χ4n) is 4.54. The summed E-state index contributed by atoms with van der Waals surface area (Å²) >= 11 is 5.14. The molecule has 1 aliphatic heterocycles. The van der Waals surface area contributed by atoms with Gasteiger partial charge < -0.3 is 20.5 Å². The lowest BCUT2D eigenvalue weighted by atomic mass is 9.98. The maximum atomic E-state index is 12.6. The van der Waals surface area contributed by atoms with Crippen LogP contribution >= 0.6 is 12.2 Å². The minimum absolute atomic E-state index is 0.0191. The van der Waals surface area contributed by atoms with E-state index < -0.39 is 23.8 Å². The molecule has 2 aromatic rings. The minimum atomic E-state index is -0.643. The third kappa shape index (κ3) is 4.95. The number of alkyl carbamates (subject to hydrolysis) is 1. The highest BCUT2D eigenvalue weighted by atomic mass is 32.1. The number of ether oxygens (including phenoxy) is 2. The summed E-state index contributed by atoms with van der Waals surface area (Å²) < 4.78 is 11.1. The van der Waals surface area contributed by atoms with Crippen LogP contribution in [0.1, 0.15) is 44.2 Å². The van der Waals surface area contributed by atoms with Gasteiger partial charge in [-0.05, 0) is 49.4 Å². The molecule has 0 saturated carbocycles. The van der Waals surface area contributed by atoms with Crippen LogP contribution in [0.5, 0.6) is 0 Å². The molecule has 0 radical (unpaired) electrons. The van der Waals surface area contributed by atoms with Crippen LogP contribution < -0.4 is 11.1 Å². The van der Waals surface area contributed by atoms with Gasteiger partial charge in [0.2, 0.25) is 0 Å². The second-order valence-corrected chi connectivity index (χ2v) is 9.92. The van der Waals surface area contributed by atoms with Crippen molar-refractivity contribution in [1.82, 2.24) is 10.2 Å². The fraction of sp³-hybridized carbons (Fsp3) is 0.400. The van der Waals surface area contributed by atoms with E-state index in [-0.39, 0.29) is 30.1 Å². The van der Waals surface area contributed by atoms with Crippen LogP contribution in [-0.4, -0.2) is 52.9 Å². The number of fused-ring (bicyclic) bond motifs is 3. The number of thiocarbonyl (C=S) groups is 1. The van der Waals surface area contributed by atoms with E-state index in [1.165, 1.54) is 16.0 Å². The Balaban J connectivity index is 1.39. The van der Waals surface area contributed by atoms with Crippen molar-refractivity contribution in [2.45, 2.75) is 50.8 Å². The number of amides is 2. The van der Waals surface area contributed by atoms with Gasteiger partial charge in [-0.3, -0.25) is 4.90 Å². The quantitative estimate of drug-likeness (QED) is 0.655. The lowest BCUT2D eigenvalue weighted by Crippen LogP contribution is -2.45. The number of likely N-dealkylation sites (tertiary alicyclic amines) is 1. The Morgan fingerprint density at radius 3 is 2.21 bits per heavy atom. The molecule has 8 heteroatoms. The van der Waals surface area contributed by atoms with E-state index in [0.717, 1.165) is 11.1 Å². The van der Waals surface area contributed by atoms with E-state index in [1.54, 1.807) is 20.8 Å². The van der Waals surface area contributed by atoms with E-state index in [9.17, 15) is 9.59 Å². The van der Waals surface area contributed by atoms with E-state index in [1.807, 2.05) is 24.3 Å². The van der Waals surface area contributed by atoms with Crippen LogP contribution in [0.2, 0.25) is 0 Å². The summed E-state index contributed by atoms with van der Waals surface area (Å²) in [4.78, 5) is 26.9. The van der Waals surface area contributed by atoms with E-state index in [2.05, 4.69) is 29.6 Å². The zero-order chi connectivity index (χ0) is 23.8. The van der Waals surface area contributed by atoms with Crippen LogP contribution in [0.3, 0.4) is 0 Å². The lowest BCUT2D eigenvalue weighted by Gasteiger charge is -2.27. The first kappa shape index (κ1) is 23.0. The molecule has 1 saturated heterocycles. The molecule has 1 aliphatic carbocycles. The first-order valence-electron chi connectivity index (χ1n) is 11.0. The van der Waals surface area contributed by atoms with Gasteiger partial charge in [0.15, 0.2) is 0 Å². The molecule has 2 aromatic carbocycles. The first-order chi connectivity index (χ1) is 15.6. The van der Waals surface area contributed by atoms with Crippen molar-refractivity contribution in [2.24, 2.45) is 5.73 Å². The Bertz CT molecular complexity index is 1040. The Morgan fingerprint density at radius 1 is 1.09 bits per heavy atom. The molecule has 4 rings (SSSR count). The summed E-state index contributed by atoms with van der Waals surface area (Å²) in [5.74, 6) is -0.0191. The second-order valence-electron chi connectivity index (χ2n) is 9.45. The monoisotopic (exact) mass is 467 g/mol. The Hall–Kier alpha value is -3.13. The SMILES string of the molecule is CC(C)(C)OC(=O)N1CC(NC(=O)OCC2c3ccccc3-c3ccccc32)CC1C(N)=S. The van der Waals surface area contributed by atoms with Gasteiger partial charge in [-0.15, -0.1) is 0 Å². The summed E-state index contributed by atoms with van der Waals surface area (Å²) in [6, 6.07) is 15.5. The Morgan fingerprint density at radius 2 is 1.67 bits per heavy atom. The number of hydrogen-bond acceptors (Lipinski definition) is 5. The smallest absolute Gasteiger partial charge is 0.410 e. The number of carbonyl (C=O) groups is 2. The number of nitrogens with one attached hydrogen (secondary N) is 1. The van der Waals surface area contributed by atoms with Crippen molar-refractivity contribution in [3.05, 3.63) is 59.7 Å². The number of nitrogens with two attached hydrogens (primary N) is 1. The van der Waals surface area contributed by atoms with Crippen molar-refractivity contribution in [3.63, 3.8) is 0 Å². The molecule has 33 heavy (non-hydrogen) atoms. The number of carbonyl (C=O) groups excluding carboxylic acids is 2. The van der Waals surface area contributed by atoms with Gasteiger partial charge in [0, 0.05) is 12.5 Å². The van der Waals surface area contributed by atoms with Crippen LogP contribution in [0.4, 0.5) is 9.59 Å². The second kappa shape index (κ2) is 9.02. The van der Waals surface area contributed by atoms with E-state index >= 15 is 0 Å². The van der Waals surface area contributed by atoms with Crippen LogP contribution in [0, 0.1) is 0 Å². The summed E-state index contributed by atoms with van der Waals surface area (Å²) in [5, 5.41) is 2.86. The number of benzene rings is 2. The molecule has 174 valence electrons. The van der Waals surface area contributed by atoms with Crippen LogP contribution in [0.25, 0.3) is 11.1 Å². The maximum absolute atomic E-state index is 12.6. The lowest BCUT2D eigenvalue weighted by molar-refractivity contribution is 0.0262. The highest BCUT2D eigenvalue weighted by Crippen LogP contribution is 2.44. The molecule has 0 bridgehead atoms. The maximum Gasteiger partial charge on any atom is 0.410 e. The molecule has 2 unspecified atom stereocenters. The fourth-order valence-corrected chi connectivity index (χ4v) is 4.76. The summed E-state index contributed by atoms with van der Waals surface area (Å²) in [6.07, 6.45) is -0.620. The van der Waals surface area contributed by atoms with Gasteiger partial charge in [0.1, 0.15) is 12.2 Å². The predicted octanol–water partition coefficient (Wildman–Crippen LogP) is 4.19. The zero-order valence-corrected chi connectivity index (χ0v) is 19.9. The highest BCUT2D eigenvalue weighted by molar-refractivity contribution is 7.80. The van der Waals surface area contributed by atoms with Crippen molar-refractivity contribution < 1.29 is 19.1 Å². The summed E-state index contributed by atoms with van der Waals surface area (Å²) in [6.45, 7) is 5.86. The molecule has 2 atom stereocenters. The number of hydrogen-bond donors (Lipinski definition) is 2. The molecule has 2 aliphatic rings. The van der Waals surface area contributed by atoms with Gasteiger partial charge in [-0.25, -0.2) is 9.59 Å². The normalized spacial score (nSPS) is 19.5. The van der Waals surface area contributed by atoms with Gasteiger partial charge in [-0.1, -0.05) is 60.7 Å². The van der Waals surface area contributed by atoms with Crippen molar-refractivity contribution in [2.75, 3.05) is 13.2 Å². The van der Waals surface area contributed by atoms with Gasteiger partial charge in [-0.2, -0.15) is 0 Å². The van der Waals surface area contributed by atoms with E-state index in [4.69, 9.17) is 27.4 Å². The van der Waals surface area contributed by atoms with Gasteiger partial charge in [0.25, 0.3) is 0 Å². The molecular formula is C25H29N3O4S. The zero-order valence-electron chi connectivity index (χ0n) is 19.0. The summed E-state index contributed by atoms with van der Waals surface area (Å²) in [7, 11) is 0. The predicted molar refractivity (Wildman–Crippen MR) is 130 cm³/mol. The largest absolute Gasteiger partial charge is 0.449 e. The number of rotatable bonds is 4. The highest BCUT2D eigenvalue weighted by Gasteiger charge is 2.40. The third-order valence-electron chi connectivity index (χ3n) is 5.92.